The average Bonchev–Trinajstić information content (AvgIpc) is 2.74. The van der Waals surface area contributed by atoms with Gasteiger partial charge in [-0.25, -0.2) is 4.98 Å². The second-order valence-corrected chi connectivity index (χ2v) is 4.08. The summed E-state index contributed by atoms with van der Waals surface area (Å²) in [6.45, 7) is 8.61. The van der Waals surface area contributed by atoms with Gasteiger partial charge in [0.15, 0.2) is 0 Å². The molecule has 2 rings (SSSR count). The quantitative estimate of drug-likeness (QED) is 0.813. The van der Waals surface area contributed by atoms with E-state index >= 15 is 0 Å². The van der Waals surface area contributed by atoms with Gasteiger partial charge in [0.2, 0.25) is 5.95 Å². The maximum absolute atomic E-state index is 4.30. The number of nitrogens with one attached hydrogen (secondary N) is 1. The molecule has 2 aromatic rings. The molecule has 0 spiro atoms. The molecule has 3 heteroatoms. The Bertz CT molecular complexity index is 526. The summed E-state index contributed by atoms with van der Waals surface area (Å²) in [7, 11) is 0. The van der Waals surface area contributed by atoms with E-state index in [0.717, 1.165) is 11.6 Å². The third-order valence-corrected chi connectivity index (χ3v) is 2.66. The van der Waals surface area contributed by atoms with Gasteiger partial charge in [-0.2, -0.15) is 0 Å². The summed E-state index contributed by atoms with van der Waals surface area (Å²) in [4.78, 5) is 4.30. The fraction of sp³-hybridized carbons (Fsp3) is 0.214. The Kier molecular flexibility index (Phi) is 3.28. The van der Waals surface area contributed by atoms with Crippen LogP contribution >= 0.6 is 0 Å². The van der Waals surface area contributed by atoms with Gasteiger partial charge in [-0.05, 0) is 25.5 Å². The van der Waals surface area contributed by atoms with Gasteiger partial charge >= 0.3 is 0 Å². The normalized spacial score (nSPS) is 10.2. The molecule has 0 radical (unpaired) electrons. The van der Waals surface area contributed by atoms with Crippen molar-refractivity contribution in [1.82, 2.24) is 9.55 Å². The molecule has 0 saturated heterocycles. The van der Waals surface area contributed by atoms with E-state index in [1.54, 1.807) is 6.20 Å². The number of imidazole rings is 1. The number of nitrogens with zero attached hydrogens (tertiary/aromatic N) is 2. The van der Waals surface area contributed by atoms with Gasteiger partial charge in [0.25, 0.3) is 0 Å². The zero-order chi connectivity index (χ0) is 12.3. The lowest BCUT2D eigenvalue weighted by Crippen LogP contribution is -2.06. The molecular weight excluding hydrogens is 210 g/mol. The van der Waals surface area contributed by atoms with Crippen molar-refractivity contribution in [3.8, 4) is 5.69 Å². The molecule has 1 N–H and O–H groups in total. The monoisotopic (exact) mass is 227 g/mol. The summed E-state index contributed by atoms with van der Waals surface area (Å²) < 4.78 is 2.05. The molecule has 0 aliphatic rings. The third-order valence-electron chi connectivity index (χ3n) is 2.66. The molecule has 0 fully saturated rings. The maximum Gasteiger partial charge on any atom is 0.207 e. The first-order chi connectivity index (χ1) is 8.22. The van der Waals surface area contributed by atoms with Crippen LogP contribution in [-0.4, -0.2) is 16.1 Å². The topological polar surface area (TPSA) is 29.9 Å². The van der Waals surface area contributed by atoms with Crippen molar-refractivity contribution in [3.63, 3.8) is 0 Å². The van der Waals surface area contributed by atoms with E-state index in [2.05, 4.69) is 53.5 Å². The van der Waals surface area contributed by atoms with Gasteiger partial charge in [0, 0.05) is 18.9 Å². The molecule has 17 heavy (non-hydrogen) atoms. The van der Waals surface area contributed by atoms with Gasteiger partial charge in [0.1, 0.15) is 0 Å². The highest BCUT2D eigenvalue weighted by molar-refractivity contribution is 5.48. The van der Waals surface area contributed by atoms with Crippen molar-refractivity contribution in [1.29, 1.82) is 0 Å². The minimum absolute atomic E-state index is 0.710. The van der Waals surface area contributed by atoms with Crippen LogP contribution in [0.25, 0.3) is 5.69 Å². The minimum atomic E-state index is 0.710. The Labute approximate surface area is 102 Å². The highest BCUT2D eigenvalue weighted by atomic mass is 15.2. The van der Waals surface area contributed by atoms with E-state index in [4.69, 9.17) is 0 Å². The third kappa shape index (κ3) is 2.38. The molecule has 0 unspecified atom stereocenters. The van der Waals surface area contributed by atoms with Crippen LogP contribution in [0, 0.1) is 13.8 Å². The summed E-state index contributed by atoms with van der Waals surface area (Å²) in [6, 6.07) is 6.40. The van der Waals surface area contributed by atoms with E-state index in [1.807, 2.05) is 12.3 Å². The molecule has 0 atom stereocenters. The summed E-state index contributed by atoms with van der Waals surface area (Å²) >= 11 is 0. The van der Waals surface area contributed by atoms with Gasteiger partial charge in [-0.15, -0.1) is 6.58 Å². The largest absolute Gasteiger partial charge is 0.352 e. The van der Waals surface area contributed by atoms with Crippen LogP contribution in [0.1, 0.15) is 11.1 Å². The first kappa shape index (κ1) is 11.5. The predicted molar refractivity (Wildman–Crippen MR) is 71.7 cm³/mol. The van der Waals surface area contributed by atoms with E-state index < -0.39 is 0 Å². The highest BCUT2D eigenvalue weighted by Gasteiger charge is 2.06. The Morgan fingerprint density at radius 1 is 1.41 bits per heavy atom. The molecular formula is C14H17N3. The molecule has 1 aromatic heterocycles. The number of hydrogen-bond donors (Lipinski definition) is 1. The standard InChI is InChI=1S/C14H17N3/c1-4-7-15-14-16-8-9-17(14)13-6-5-11(2)10-12(13)3/h4-6,8-10H,1,7H2,2-3H3,(H,15,16). The summed E-state index contributed by atoms with van der Waals surface area (Å²) in [5, 5.41) is 3.22. The maximum atomic E-state index is 4.30. The van der Waals surface area contributed by atoms with Crippen molar-refractivity contribution in [3.05, 3.63) is 54.4 Å². The first-order valence-corrected chi connectivity index (χ1v) is 5.68. The van der Waals surface area contributed by atoms with Gasteiger partial charge < -0.3 is 5.32 Å². The number of aryl methyl sites for hydroxylation is 2. The first-order valence-electron chi connectivity index (χ1n) is 5.68. The van der Waals surface area contributed by atoms with E-state index in [-0.39, 0.29) is 0 Å². The zero-order valence-corrected chi connectivity index (χ0v) is 10.3. The van der Waals surface area contributed by atoms with Crippen molar-refractivity contribution < 1.29 is 0 Å². The van der Waals surface area contributed by atoms with Crippen molar-refractivity contribution in [2.24, 2.45) is 0 Å². The van der Waals surface area contributed by atoms with E-state index in [1.165, 1.54) is 11.1 Å². The van der Waals surface area contributed by atoms with Crippen LogP contribution in [0.15, 0.2) is 43.2 Å². The van der Waals surface area contributed by atoms with Crippen molar-refractivity contribution >= 4 is 5.95 Å². The number of aromatic nitrogens is 2. The second kappa shape index (κ2) is 4.87. The van der Waals surface area contributed by atoms with Gasteiger partial charge in [0.05, 0.1) is 5.69 Å². The summed E-state index contributed by atoms with van der Waals surface area (Å²) in [6.07, 6.45) is 5.58. The molecule has 0 saturated carbocycles. The zero-order valence-electron chi connectivity index (χ0n) is 10.3. The van der Waals surface area contributed by atoms with Crippen LogP contribution in [0.5, 0.6) is 0 Å². The molecule has 88 valence electrons. The number of anilines is 1. The fourth-order valence-electron chi connectivity index (χ4n) is 1.87. The Balaban J connectivity index is 2.38. The van der Waals surface area contributed by atoms with Crippen molar-refractivity contribution in [2.45, 2.75) is 13.8 Å². The molecule has 0 aliphatic heterocycles. The smallest absolute Gasteiger partial charge is 0.207 e. The van der Waals surface area contributed by atoms with Crippen LogP contribution < -0.4 is 5.32 Å². The SMILES string of the molecule is C=CCNc1nccn1-c1ccc(C)cc1C. The Hall–Kier alpha value is -2.03. The molecule has 0 amide bonds. The second-order valence-electron chi connectivity index (χ2n) is 4.08. The molecule has 3 nitrogen and oxygen atoms in total. The lowest BCUT2D eigenvalue weighted by Gasteiger charge is -2.11. The Morgan fingerprint density at radius 3 is 2.94 bits per heavy atom. The van der Waals surface area contributed by atoms with Crippen LogP contribution in [0.3, 0.4) is 0 Å². The van der Waals surface area contributed by atoms with Gasteiger partial charge in [-0.1, -0.05) is 23.8 Å². The van der Waals surface area contributed by atoms with Crippen molar-refractivity contribution in [2.75, 3.05) is 11.9 Å². The molecule has 0 bridgehead atoms. The molecule has 0 aliphatic carbocycles. The van der Waals surface area contributed by atoms with Crippen LogP contribution in [0.2, 0.25) is 0 Å². The highest BCUT2D eigenvalue weighted by Crippen LogP contribution is 2.19. The summed E-state index contributed by atoms with van der Waals surface area (Å²) in [5.41, 5.74) is 3.66. The summed E-state index contributed by atoms with van der Waals surface area (Å²) in [5.74, 6) is 0.844. The average molecular weight is 227 g/mol. The molecule has 1 heterocycles. The number of hydrogen-bond acceptors (Lipinski definition) is 2. The van der Waals surface area contributed by atoms with Crippen LogP contribution in [-0.2, 0) is 0 Å². The number of benzene rings is 1. The van der Waals surface area contributed by atoms with Crippen LogP contribution in [0.4, 0.5) is 5.95 Å². The molecule has 1 aromatic carbocycles. The predicted octanol–water partition coefficient (Wildman–Crippen LogP) is 3.09. The van der Waals surface area contributed by atoms with E-state index in [0.29, 0.717) is 6.54 Å². The van der Waals surface area contributed by atoms with E-state index in [9.17, 15) is 0 Å². The number of rotatable bonds is 4. The lowest BCUT2D eigenvalue weighted by molar-refractivity contribution is 1.02. The Morgan fingerprint density at radius 2 is 2.24 bits per heavy atom. The minimum Gasteiger partial charge on any atom is -0.352 e. The lowest BCUT2D eigenvalue weighted by atomic mass is 10.1. The van der Waals surface area contributed by atoms with Gasteiger partial charge in [-0.3, -0.25) is 4.57 Å². The fourth-order valence-corrected chi connectivity index (χ4v) is 1.87.